The van der Waals surface area contributed by atoms with Crippen molar-refractivity contribution in [1.29, 1.82) is 0 Å². The molecule has 0 heteroatoms. The molecule has 0 bridgehead atoms. The fourth-order valence-corrected chi connectivity index (χ4v) is 2.08. The van der Waals surface area contributed by atoms with E-state index < -0.39 is 0 Å². The Morgan fingerprint density at radius 3 is 1.78 bits per heavy atom. The van der Waals surface area contributed by atoms with Gasteiger partial charge in [-0.05, 0) is 48.3 Å². The third-order valence-electron chi connectivity index (χ3n) is 3.39. The predicted molar refractivity (Wildman–Crippen MR) is 80.1 cm³/mol. The van der Waals surface area contributed by atoms with Crippen LogP contribution in [-0.2, 0) is 12.8 Å². The summed E-state index contributed by atoms with van der Waals surface area (Å²) in [6.45, 7) is 11.8. The quantitative estimate of drug-likeness (QED) is 0.660. The zero-order valence-electron chi connectivity index (χ0n) is 11.3. The lowest BCUT2D eigenvalue weighted by Crippen LogP contribution is -2.20. The number of aryl methyl sites for hydroxylation is 4. The number of hydrogen-bond donors (Lipinski definition) is 0. The molecule has 0 heterocycles. The molecule has 0 amide bonds. The molecule has 0 fully saturated rings. The fraction of sp³-hybridized carbons (Fsp3) is 0.222. The van der Waals surface area contributed by atoms with E-state index in [2.05, 4.69) is 38.3 Å². The molecule has 0 unspecified atom stereocenters. The summed E-state index contributed by atoms with van der Waals surface area (Å²) in [6.07, 6.45) is 2.60. The Hall–Kier alpha value is -1.82. The zero-order chi connectivity index (χ0) is 13.1. The molecule has 2 aromatic carbocycles. The third kappa shape index (κ3) is 2.89. The third-order valence-corrected chi connectivity index (χ3v) is 3.39. The molecule has 0 spiro atoms. The molecule has 0 aliphatic heterocycles. The van der Waals surface area contributed by atoms with E-state index in [1.54, 1.807) is 11.1 Å². The molecule has 1 aliphatic rings. The molecule has 2 aromatic rings. The average molecular weight is 236 g/mol. The van der Waals surface area contributed by atoms with Crippen molar-refractivity contribution in [3.63, 3.8) is 0 Å². The van der Waals surface area contributed by atoms with Crippen molar-refractivity contribution in [2.75, 3.05) is 0 Å². The normalized spacial score (nSPS) is 11.9. The molecule has 0 atom stereocenters. The summed E-state index contributed by atoms with van der Waals surface area (Å²) < 4.78 is 0. The second kappa shape index (κ2) is 5.22. The van der Waals surface area contributed by atoms with E-state index in [9.17, 15) is 0 Å². The summed E-state index contributed by atoms with van der Waals surface area (Å²) in [7, 11) is 0. The maximum absolute atomic E-state index is 3.82. The van der Waals surface area contributed by atoms with E-state index in [4.69, 9.17) is 0 Å². The molecule has 0 saturated heterocycles. The molecule has 0 aromatic heterocycles. The van der Waals surface area contributed by atoms with Crippen LogP contribution in [0.5, 0.6) is 0 Å². The first-order valence-electron chi connectivity index (χ1n) is 6.39. The Morgan fingerprint density at radius 2 is 1.33 bits per heavy atom. The summed E-state index contributed by atoms with van der Waals surface area (Å²) in [5.74, 6) is 0. The lowest BCUT2D eigenvalue weighted by atomic mass is 9.88. The number of hydrogen-bond acceptors (Lipinski definition) is 0. The lowest BCUT2D eigenvalue weighted by Gasteiger charge is -2.18. The second-order valence-electron chi connectivity index (χ2n) is 5.04. The van der Waals surface area contributed by atoms with Gasteiger partial charge < -0.3 is 0 Å². The summed E-state index contributed by atoms with van der Waals surface area (Å²) in [6, 6.07) is 12.8. The molecule has 3 rings (SSSR count). The number of rotatable bonds is 0. The van der Waals surface area contributed by atoms with Gasteiger partial charge in [0.05, 0.1) is 0 Å². The summed E-state index contributed by atoms with van der Waals surface area (Å²) in [5.41, 5.74) is 5.76. The van der Waals surface area contributed by atoms with Gasteiger partial charge in [0, 0.05) is 0 Å². The Bertz CT molecular complexity index is 650. The minimum atomic E-state index is 1.01. The van der Waals surface area contributed by atoms with Crippen molar-refractivity contribution in [3.8, 4) is 0 Å². The van der Waals surface area contributed by atoms with Crippen molar-refractivity contribution in [2.24, 2.45) is 0 Å². The maximum atomic E-state index is 3.82. The van der Waals surface area contributed by atoms with Crippen molar-refractivity contribution in [2.45, 2.75) is 26.7 Å². The van der Waals surface area contributed by atoms with Crippen LogP contribution in [0.4, 0.5) is 0 Å². The maximum Gasteiger partial charge on any atom is -0.0235 e. The summed E-state index contributed by atoms with van der Waals surface area (Å²) >= 11 is 0. The van der Waals surface area contributed by atoms with Crippen molar-refractivity contribution in [3.05, 3.63) is 69.1 Å². The van der Waals surface area contributed by atoms with Gasteiger partial charge in [0.25, 0.3) is 0 Å². The first kappa shape index (κ1) is 12.6. The molecule has 0 saturated carbocycles. The van der Waals surface area contributed by atoms with Crippen molar-refractivity contribution < 1.29 is 0 Å². The SMILES string of the molecule is C=c1ccc(C)cc1=C.Cc1ccc2c(c1)CC2. The Labute approximate surface area is 109 Å². The van der Waals surface area contributed by atoms with Crippen molar-refractivity contribution in [1.82, 2.24) is 0 Å². The smallest absolute Gasteiger partial charge is 0.0235 e. The highest BCUT2D eigenvalue weighted by Crippen LogP contribution is 2.22. The Kier molecular flexibility index (Phi) is 3.66. The molecule has 0 nitrogen and oxygen atoms in total. The number of fused-ring (bicyclic) bond motifs is 1. The molecule has 0 N–H and O–H groups in total. The van der Waals surface area contributed by atoms with Gasteiger partial charge in [0.15, 0.2) is 0 Å². The standard InChI is InChI=1S/2C9H10/c1-7-2-3-8-4-5-9(8)6-7;1-7-4-5-8(2)9(3)6-7/h2-3,6H,4-5H2,1H3;4-6H,2-3H2,1H3. The van der Waals surface area contributed by atoms with Gasteiger partial charge in [0.1, 0.15) is 0 Å². The highest BCUT2D eigenvalue weighted by molar-refractivity contribution is 5.38. The predicted octanol–water partition coefficient (Wildman–Crippen LogP) is 2.91. The highest BCUT2D eigenvalue weighted by Gasteiger charge is 2.10. The highest BCUT2D eigenvalue weighted by atomic mass is 14.2. The van der Waals surface area contributed by atoms with Crippen LogP contribution in [0.15, 0.2) is 36.4 Å². The van der Waals surface area contributed by atoms with Crippen LogP contribution in [0.25, 0.3) is 13.2 Å². The molecule has 1 aliphatic carbocycles. The van der Waals surface area contributed by atoms with E-state index >= 15 is 0 Å². The minimum absolute atomic E-state index is 1.01. The molecule has 92 valence electrons. The van der Waals surface area contributed by atoms with Crippen LogP contribution in [-0.4, -0.2) is 0 Å². The second-order valence-corrected chi connectivity index (χ2v) is 5.04. The molecule has 18 heavy (non-hydrogen) atoms. The largest absolute Gasteiger partial charge is 0.0912 e. The topological polar surface area (TPSA) is 0 Å². The monoisotopic (exact) mass is 236 g/mol. The Morgan fingerprint density at radius 1 is 0.722 bits per heavy atom. The van der Waals surface area contributed by atoms with E-state index in [-0.39, 0.29) is 0 Å². The van der Waals surface area contributed by atoms with Crippen LogP contribution in [0.3, 0.4) is 0 Å². The molecular formula is C18H20. The van der Waals surface area contributed by atoms with Crippen LogP contribution >= 0.6 is 0 Å². The zero-order valence-corrected chi connectivity index (χ0v) is 11.3. The van der Waals surface area contributed by atoms with Gasteiger partial charge in [0.2, 0.25) is 0 Å². The van der Waals surface area contributed by atoms with Gasteiger partial charge in [-0.2, -0.15) is 0 Å². The van der Waals surface area contributed by atoms with Gasteiger partial charge in [-0.25, -0.2) is 0 Å². The number of benzene rings is 2. The van der Waals surface area contributed by atoms with Gasteiger partial charge >= 0.3 is 0 Å². The van der Waals surface area contributed by atoms with Crippen LogP contribution < -0.4 is 10.4 Å². The van der Waals surface area contributed by atoms with Gasteiger partial charge in [-0.3, -0.25) is 0 Å². The van der Waals surface area contributed by atoms with Crippen LogP contribution in [0.2, 0.25) is 0 Å². The van der Waals surface area contributed by atoms with Crippen LogP contribution in [0.1, 0.15) is 22.3 Å². The first-order valence-corrected chi connectivity index (χ1v) is 6.39. The first-order chi connectivity index (χ1) is 8.56. The fourth-order valence-electron chi connectivity index (χ4n) is 2.08. The van der Waals surface area contributed by atoms with E-state index in [0.29, 0.717) is 0 Å². The van der Waals surface area contributed by atoms with E-state index in [0.717, 1.165) is 10.4 Å². The van der Waals surface area contributed by atoms with Crippen LogP contribution in [0, 0.1) is 13.8 Å². The minimum Gasteiger partial charge on any atom is -0.0912 e. The van der Waals surface area contributed by atoms with Crippen molar-refractivity contribution >= 4 is 13.2 Å². The van der Waals surface area contributed by atoms with E-state index in [1.165, 1.54) is 24.0 Å². The summed E-state index contributed by atoms with van der Waals surface area (Å²) in [4.78, 5) is 0. The lowest BCUT2D eigenvalue weighted by molar-refractivity contribution is 0.837. The van der Waals surface area contributed by atoms with E-state index in [1.807, 2.05) is 25.1 Å². The average Bonchev–Trinajstić information content (AvgIpc) is 2.30. The molecular weight excluding hydrogens is 216 g/mol. The van der Waals surface area contributed by atoms with Gasteiger partial charge in [-0.1, -0.05) is 60.7 Å². The summed E-state index contributed by atoms with van der Waals surface area (Å²) in [5, 5.41) is 2.04. The Balaban J connectivity index is 0.000000134. The molecule has 0 radical (unpaired) electrons. The van der Waals surface area contributed by atoms with Gasteiger partial charge in [-0.15, -0.1) is 0 Å².